The molecular weight excluding hydrogens is 349 g/mol. The molecule has 0 aromatic carbocycles. The van der Waals surface area contributed by atoms with Gasteiger partial charge in [0.2, 0.25) is 0 Å². The molecule has 0 amide bonds. The van der Waals surface area contributed by atoms with Crippen molar-refractivity contribution in [2.24, 2.45) is 11.8 Å². The molecule has 0 N–H and O–H groups in total. The van der Waals surface area contributed by atoms with Crippen LogP contribution >= 0.6 is 0 Å². The Bertz CT molecular complexity index is 403. The Labute approximate surface area is 141 Å². The Balaban J connectivity index is 0.000000515. The van der Waals surface area contributed by atoms with E-state index in [9.17, 15) is 13.2 Å². The van der Waals surface area contributed by atoms with Crippen LogP contribution in [0.15, 0.2) is 0 Å². The molecule has 23 heavy (non-hydrogen) atoms. The van der Waals surface area contributed by atoms with Crippen LogP contribution < -0.4 is 0 Å². The van der Waals surface area contributed by atoms with E-state index in [0.29, 0.717) is 10.9 Å². The Kier molecular flexibility index (Phi) is 10.8. The summed E-state index contributed by atoms with van der Waals surface area (Å²) < 4.78 is 58.9. The molecule has 0 radical (unpaired) electrons. The maximum Gasteiger partial charge on any atom is 0.485 e. The summed E-state index contributed by atoms with van der Waals surface area (Å²) in [7, 11) is -5.44. The minimum Gasteiger partial charge on any atom is -0.741 e. The first-order chi connectivity index (χ1) is 10.5. The zero-order valence-electron chi connectivity index (χ0n) is 14.2. The van der Waals surface area contributed by atoms with Gasteiger partial charge >= 0.3 is 5.51 Å². The molecule has 1 atom stereocenters. The molecule has 1 unspecified atom stereocenters. The van der Waals surface area contributed by atoms with Crippen LogP contribution in [0.3, 0.4) is 0 Å². The van der Waals surface area contributed by atoms with E-state index in [1.54, 1.807) is 0 Å². The molecule has 0 aromatic heterocycles. The van der Waals surface area contributed by atoms with Crippen molar-refractivity contribution in [2.75, 3.05) is 18.3 Å². The number of alkyl halides is 3. The fraction of sp³-hybridized carbons (Fsp3) is 1.00. The number of hydrogen-bond acceptors (Lipinski definition) is 3. The molecule has 1 aliphatic rings. The highest BCUT2D eigenvalue weighted by Gasteiger charge is 2.36. The van der Waals surface area contributed by atoms with E-state index in [1.165, 1.54) is 57.1 Å². The summed E-state index contributed by atoms with van der Waals surface area (Å²) in [4.78, 5) is 0. The molecule has 3 nitrogen and oxygen atoms in total. The van der Waals surface area contributed by atoms with Gasteiger partial charge in [0.1, 0.15) is 5.75 Å². The van der Waals surface area contributed by atoms with Crippen LogP contribution in [0.25, 0.3) is 0 Å². The fourth-order valence-corrected chi connectivity index (χ4v) is 4.25. The number of unbranched alkanes of at least 4 members (excludes halogenated alkanes) is 1. The van der Waals surface area contributed by atoms with Gasteiger partial charge < -0.3 is 4.55 Å². The fourth-order valence-electron chi connectivity index (χ4n) is 2.96. The number of hydrogen-bond donors (Lipinski definition) is 0. The summed E-state index contributed by atoms with van der Waals surface area (Å²) in [5.41, 5.74) is -5.65. The number of halogens is 3. The van der Waals surface area contributed by atoms with E-state index in [2.05, 4.69) is 19.4 Å². The lowest BCUT2D eigenvalue weighted by Gasteiger charge is -2.29. The molecule has 0 spiro atoms. The topological polar surface area (TPSA) is 57.2 Å². The zero-order valence-corrected chi connectivity index (χ0v) is 15.8. The third-order valence-corrected chi connectivity index (χ3v) is 5.74. The van der Waals surface area contributed by atoms with Gasteiger partial charge in [-0.1, -0.05) is 51.9 Å². The van der Waals surface area contributed by atoms with Crippen LogP contribution in [0.1, 0.15) is 58.3 Å². The normalized spacial score (nSPS) is 18.4. The molecule has 0 saturated heterocycles. The van der Waals surface area contributed by atoms with Crippen molar-refractivity contribution in [1.29, 1.82) is 0 Å². The molecule has 1 saturated carbocycles. The lowest BCUT2D eigenvalue weighted by molar-refractivity contribution is -0.0517. The van der Waals surface area contributed by atoms with Crippen molar-refractivity contribution in [2.45, 2.75) is 63.8 Å². The lowest BCUT2D eigenvalue weighted by atomic mass is 9.79. The zero-order chi connectivity index (χ0) is 18.1. The van der Waals surface area contributed by atoms with Crippen molar-refractivity contribution in [3.05, 3.63) is 0 Å². The predicted molar refractivity (Wildman–Crippen MR) is 89.4 cm³/mol. The Morgan fingerprint density at radius 1 is 1.17 bits per heavy atom. The first-order valence-electron chi connectivity index (χ1n) is 8.05. The lowest BCUT2D eigenvalue weighted by Crippen LogP contribution is -2.24. The van der Waals surface area contributed by atoms with Gasteiger partial charge in [0.05, 0.1) is 12.5 Å². The molecular formula is C15H29F3O3S2. The Morgan fingerprint density at radius 3 is 2.00 bits per heavy atom. The van der Waals surface area contributed by atoms with Crippen molar-refractivity contribution >= 4 is 21.0 Å². The second kappa shape index (κ2) is 10.8. The molecule has 8 heteroatoms. The summed E-state index contributed by atoms with van der Waals surface area (Å²) in [6.07, 6.45) is 16.8. The van der Waals surface area contributed by atoms with Gasteiger partial charge in [-0.05, 0) is 23.2 Å². The highest BCUT2D eigenvalue weighted by atomic mass is 32.2. The third-order valence-electron chi connectivity index (χ3n) is 4.08. The van der Waals surface area contributed by atoms with Gasteiger partial charge in [-0.25, -0.2) is 8.42 Å². The van der Waals surface area contributed by atoms with Crippen LogP contribution in [0.4, 0.5) is 13.2 Å². The minimum atomic E-state index is -6.09. The van der Waals surface area contributed by atoms with E-state index < -0.39 is 15.6 Å². The van der Waals surface area contributed by atoms with Crippen LogP contribution in [-0.2, 0) is 21.0 Å². The number of rotatable bonds is 6. The average molecular weight is 379 g/mol. The first kappa shape index (κ1) is 23.1. The largest absolute Gasteiger partial charge is 0.741 e. The Hall–Kier alpha value is 0.0500. The monoisotopic (exact) mass is 378 g/mol. The van der Waals surface area contributed by atoms with E-state index in [1.807, 2.05) is 0 Å². The first-order valence-corrected chi connectivity index (χ1v) is 11.7. The predicted octanol–water partition coefficient (Wildman–Crippen LogP) is 4.30. The van der Waals surface area contributed by atoms with E-state index in [4.69, 9.17) is 13.0 Å². The molecule has 0 aliphatic heterocycles. The average Bonchev–Trinajstić information content (AvgIpc) is 2.42. The highest BCUT2D eigenvalue weighted by molar-refractivity contribution is 7.95. The van der Waals surface area contributed by atoms with Crippen LogP contribution in [0, 0.1) is 11.8 Å². The SMILES string of the molecule is CCCCC(C[S+](C)C)C1CCCCC1.O=S(=O)([O-])C(F)(F)F. The summed E-state index contributed by atoms with van der Waals surface area (Å²) in [6.45, 7) is 2.33. The van der Waals surface area contributed by atoms with Crippen LogP contribution in [-0.4, -0.2) is 36.7 Å². The summed E-state index contributed by atoms with van der Waals surface area (Å²) >= 11 is 0. The van der Waals surface area contributed by atoms with Crippen molar-refractivity contribution in [3.63, 3.8) is 0 Å². The molecule has 1 fully saturated rings. The standard InChI is InChI=1S/C14H29S.CHF3O3S/c1-4-5-9-14(12-15(2)3)13-10-7-6-8-11-13;2-1(3,4)8(5,6)7/h13-14H,4-12H2,1-3H3;(H,5,6,7)/q+1;/p-1. The van der Waals surface area contributed by atoms with Crippen LogP contribution in [0.5, 0.6) is 0 Å². The van der Waals surface area contributed by atoms with Gasteiger partial charge in [-0.2, -0.15) is 13.2 Å². The molecule has 0 heterocycles. The Morgan fingerprint density at radius 2 is 1.65 bits per heavy atom. The van der Waals surface area contributed by atoms with E-state index in [-0.39, 0.29) is 0 Å². The quantitative estimate of drug-likeness (QED) is 0.393. The maximum absolute atomic E-state index is 10.7. The summed E-state index contributed by atoms with van der Waals surface area (Å²) in [5.74, 6) is 3.65. The van der Waals surface area contributed by atoms with Crippen molar-refractivity contribution in [1.82, 2.24) is 0 Å². The van der Waals surface area contributed by atoms with E-state index >= 15 is 0 Å². The van der Waals surface area contributed by atoms with Crippen molar-refractivity contribution in [3.8, 4) is 0 Å². The van der Waals surface area contributed by atoms with E-state index in [0.717, 1.165) is 11.8 Å². The summed E-state index contributed by atoms with van der Waals surface area (Å²) in [6, 6.07) is 0. The smallest absolute Gasteiger partial charge is 0.485 e. The van der Waals surface area contributed by atoms with Gasteiger partial charge in [0.25, 0.3) is 0 Å². The van der Waals surface area contributed by atoms with Crippen molar-refractivity contribution < 1.29 is 26.1 Å². The molecule has 0 bridgehead atoms. The van der Waals surface area contributed by atoms with Gasteiger partial charge in [0, 0.05) is 5.92 Å². The minimum absolute atomic E-state index is 0.649. The molecule has 1 rings (SSSR count). The second-order valence-corrected chi connectivity index (χ2v) is 10.0. The second-order valence-electron chi connectivity index (χ2n) is 6.35. The molecule has 140 valence electrons. The summed E-state index contributed by atoms with van der Waals surface area (Å²) in [5, 5.41) is 0. The van der Waals surface area contributed by atoms with Crippen LogP contribution in [0.2, 0.25) is 0 Å². The highest BCUT2D eigenvalue weighted by Crippen LogP contribution is 2.33. The van der Waals surface area contributed by atoms with Gasteiger partial charge in [0.15, 0.2) is 10.1 Å². The molecule has 0 aromatic rings. The maximum atomic E-state index is 10.7. The van der Waals surface area contributed by atoms with Gasteiger partial charge in [-0.3, -0.25) is 0 Å². The third kappa shape index (κ3) is 10.5. The molecule has 1 aliphatic carbocycles. The van der Waals surface area contributed by atoms with Gasteiger partial charge in [-0.15, -0.1) is 0 Å².